The summed E-state index contributed by atoms with van der Waals surface area (Å²) in [6.07, 6.45) is 0. The molecule has 0 saturated carbocycles. The Morgan fingerprint density at radius 2 is 2.00 bits per heavy atom. The third kappa shape index (κ3) is 2.19. The van der Waals surface area contributed by atoms with Gasteiger partial charge in [0.1, 0.15) is 10.8 Å². The van der Waals surface area contributed by atoms with Crippen molar-refractivity contribution in [2.24, 2.45) is 0 Å². The van der Waals surface area contributed by atoms with Crippen LogP contribution in [0.3, 0.4) is 0 Å². The monoisotopic (exact) mass is 313 g/mol. The summed E-state index contributed by atoms with van der Waals surface area (Å²) >= 11 is 9.67. The zero-order chi connectivity index (χ0) is 12.6. The molecule has 0 amide bonds. The fourth-order valence-electron chi connectivity index (χ4n) is 1.61. The van der Waals surface area contributed by atoms with E-state index >= 15 is 0 Å². The fraction of sp³-hybridized carbons (Fsp3) is 0.250. The molecule has 2 N–H and O–H groups in total. The van der Waals surface area contributed by atoms with E-state index in [1.54, 1.807) is 4.68 Å². The van der Waals surface area contributed by atoms with Gasteiger partial charge >= 0.3 is 0 Å². The highest BCUT2D eigenvalue weighted by molar-refractivity contribution is 9.10. The Labute approximate surface area is 114 Å². The van der Waals surface area contributed by atoms with E-state index in [0.717, 1.165) is 15.9 Å². The maximum atomic E-state index is 6.19. The molecule has 1 aromatic carbocycles. The first-order valence-corrected chi connectivity index (χ1v) is 6.48. The molecular formula is C12H13BrClN3. The second kappa shape index (κ2) is 4.70. The number of benzene rings is 1. The number of rotatable bonds is 2. The highest BCUT2D eigenvalue weighted by Crippen LogP contribution is 2.32. The molecule has 17 heavy (non-hydrogen) atoms. The van der Waals surface area contributed by atoms with Crippen LogP contribution in [-0.2, 0) is 0 Å². The minimum Gasteiger partial charge on any atom is -0.382 e. The third-order valence-electron chi connectivity index (χ3n) is 2.51. The summed E-state index contributed by atoms with van der Waals surface area (Å²) in [6.45, 7) is 4.08. The summed E-state index contributed by atoms with van der Waals surface area (Å²) in [7, 11) is 0. The van der Waals surface area contributed by atoms with E-state index < -0.39 is 0 Å². The van der Waals surface area contributed by atoms with Gasteiger partial charge in [0.25, 0.3) is 0 Å². The number of anilines is 1. The van der Waals surface area contributed by atoms with Crippen LogP contribution in [0.1, 0.15) is 25.5 Å². The Morgan fingerprint density at radius 1 is 1.35 bits per heavy atom. The molecule has 0 atom stereocenters. The number of halogens is 2. The van der Waals surface area contributed by atoms with E-state index in [1.165, 1.54) is 0 Å². The Hall–Kier alpha value is -1.00. The molecule has 1 aromatic heterocycles. The lowest BCUT2D eigenvalue weighted by molar-refractivity contribution is 0.770. The average molecular weight is 315 g/mol. The van der Waals surface area contributed by atoms with Crippen molar-refractivity contribution in [3.63, 3.8) is 0 Å². The number of nitrogens with zero attached hydrogens (tertiary/aromatic N) is 2. The molecule has 0 aliphatic carbocycles. The van der Waals surface area contributed by atoms with Crippen LogP contribution in [0, 0.1) is 0 Å². The van der Waals surface area contributed by atoms with Crippen LogP contribution in [0.15, 0.2) is 28.7 Å². The smallest absolute Gasteiger partial charge is 0.146 e. The summed E-state index contributed by atoms with van der Waals surface area (Å²) in [5, 5.41) is 5.01. The predicted octanol–water partition coefficient (Wildman–Crippen LogP) is 3.99. The van der Waals surface area contributed by atoms with Gasteiger partial charge in [0.15, 0.2) is 0 Å². The van der Waals surface area contributed by atoms with Crippen LogP contribution >= 0.6 is 27.5 Å². The Balaban J connectivity index is 2.61. The first-order valence-electron chi connectivity index (χ1n) is 5.31. The van der Waals surface area contributed by atoms with E-state index in [-0.39, 0.29) is 5.92 Å². The molecule has 0 unspecified atom stereocenters. The van der Waals surface area contributed by atoms with Gasteiger partial charge in [-0.05, 0) is 34.0 Å². The molecule has 90 valence electrons. The molecule has 3 nitrogen and oxygen atoms in total. The fourth-order valence-corrected chi connectivity index (χ4v) is 2.39. The second-order valence-electron chi connectivity index (χ2n) is 4.10. The second-order valence-corrected chi connectivity index (χ2v) is 5.33. The van der Waals surface area contributed by atoms with Crippen molar-refractivity contribution in [2.75, 3.05) is 5.73 Å². The molecule has 0 radical (unpaired) electrons. The molecule has 0 aliphatic heterocycles. The van der Waals surface area contributed by atoms with Crippen LogP contribution < -0.4 is 5.73 Å². The standard InChI is InChI=1S/C12H13BrClN3/c1-7(2)11-10(14)12(15)17(16-11)9-6-4-3-5-8(9)13/h3-7H,15H2,1-2H3. The van der Waals surface area contributed by atoms with Crippen molar-refractivity contribution in [1.29, 1.82) is 0 Å². The normalized spacial score (nSPS) is 11.1. The largest absolute Gasteiger partial charge is 0.382 e. The number of aromatic nitrogens is 2. The maximum Gasteiger partial charge on any atom is 0.146 e. The lowest BCUT2D eigenvalue weighted by atomic mass is 10.1. The molecule has 0 aliphatic rings. The van der Waals surface area contributed by atoms with Gasteiger partial charge in [-0.3, -0.25) is 0 Å². The topological polar surface area (TPSA) is 43.8 Å². The van der Waals surface area contributed by atoms with Crippen molar-refractivity contribution in [3.8, 4) is 5.69 Å². The van der Waals surface area contributed by atoms with Crippen LogP contribution in [0.4, 0.5) is 5.82 Å². The molecule has 0 fully saturated rings. The van der Waals surface area contributed by atoms with Gasteiger partial charge in [0.05, 0.1) is 11.4 Å². The number of hydrogen-bond acceptors (Lipinski definition) is 2. The van der Waals surface area contributed by atoms with Gasteiger partial charge in [0.2, 0.25) is 0 Å². The van der Waals surface area contributed by atoms with Gasteiger partial charge in [-0.25, -0.2) is 4.68 Å². The summed E-state index contributed by atoms with van der Waals surface area (Å²) < 4.78 is 2.60. The highest BCUT2D eigenvalue weighted by atomic mass is 79.9. The molecule has 5 heteroatoms. The van der Waals surface area contributed by atoms with E-state index in [2.05, 4.69) is 21.0 Å². The number of hydrogen-bond donors (Lipinski definition) is 1. The summed E-state index contributed by atoms with van der Waals surface area (Å²) in [5.41, 5.74) is 7.70. The zero-order valence-electron chi connectivity index (χ0n) is 9.61. The lowest BCUT2D eigenvalue weighted by Gasteiger charge is -2.05. The van der Waals surface area contributed by atoms with Crippen LogP contribution in [0.2, 0.25) is 5.02 Å². The molecule has 1 heterocycles. The van der Waals surface area contributed by atoms with E-state index in [0.29, 0.717) is 10.8 Å². The van der Waals surface area contributed by atoms with Gasteiger partial charge in [-0.1, -0.05) is 37.6 Å². The van der Waals surface area contributed by atoms with Crippen LogP contribution in [-0.4, -0.2) is 9.78 Å². The van der Waals surface area contributed by atoms with Crippen LogP contribution in [0.5, 0.6) is 0 Å². The Morgan fingerprint density at radius 3 is 2.53 bits per heavy atom. The van der Waals surface area contributed by atoms with Crippen LogP contribution in [0.25, 0.3) is 5.69 Å². The van der Waals surface area contributed by atoms with Gasteiger partial charge in [-0.2, -0.15) is 5.10 Å². The quantitative estimate of drug-likeness (QED) is 0.910. The molecule has 2 rings (SSSR count). The number of nitrogens with two attached hydrogens (primary N) is 1. The van der Waals surface area contributed by atoms with Crippen molar-refractivity contribution in [2.45, 2.75) is 19.8 Å². The number of para-hydroxylation sites is 1. The minimum atomic E-state index is 0.244. The van der Waals surface area contributed by atoms with E-state index in [4.69, 9.17) is 17.3 Å². The zero-order valence-corrected chi connectivity index (χ0v) is 12.0. The van der Waals surface area contributed by atoms with Gasteiger partial charge in [0, 0.05) is 4.47 Å². The maximum absolute atomic E-state index is 6.19. The van der Waals surface area contributed by atoms with Crippen molar-refractivity contribution >= 4 is 33.3 Å². The first-order chi connectivity index (χ1) is 8.02. The van der Waals surface area contributed by atoms with Gasteiger partial charge in [-0.15, -0.1) is 0 Å². The summed E-state index contributed by atoms with van der Waals surface area (Å²) in [5.74, 6) is 0.718. The molecule has 0 saturated heterocycles. The Kier molecular flexibility index (Phi) is 3.45. The Bertz CT molecular complexity index is 549. The molecule has 0 spiro atoms. The first kappa shape index (κ1) is 12.5. The van der Waals surface area contributed by atoms with Gasteiger partial charge < -0.3 is 5.73 Å². The molecule has 0 bridgehead atoms. The summed E-state index contributed by atoms with van der Waals surface area (Å²) in [4.78, 5) is 0. The highest BCUT2D eigenvalue weighted by Gasteiger charge is 2.18. The lowest BCUT2D eigenvalue weighted by Crippen LogP contribution is -2.03. The molecular weight excluding hydrogens is 302 g/mol. The SMILES string of the molecule is CC(C)c1nn(-c2ccccc2Br)c(N)c1Cl. The molecule has 2 aromatic rings. The number of nitrogen functional groups attached to an aromatic ring is 1. The summed E-state index contributed by atoms with van der Waals surface area (Å²) in [6, 6.07) is 7.76. The van der Waals surface area contributed by atoms with E-state index in [1.807, 2.05) is 38.1 Å². The van der Waals surface area contributed by atoms with Crippen molar-refractivity contribution < 1.29 is 0 Å². The minimum absolute atomic E-state index is 0.244. The van der Waals surface area contributed by atoms with Crippen molar-refractivity contribution in [1.82, 2.24) is 9.78 Å². The van der Waals surface area contributed by atoms with E-state index in [9.17, 15) is 0 Å². The van der Waals surface area contributed by atoms with Crippen molar-refractivity contribution in [3.05, 3.63) is 39.5 Å². The predicted molar refractivity (Wildman–Crippen MR) is 74.8 cm³/mol. The average Bonchev–Trinajstić information content (AvgIpc) is 2.57. The third-order valence-corrected chi connectivity index (χ3v) is 3.57.